The highest BCUT2D eigenvalue weighted by atomic mass is 32.2. The Kier molecular flexibility index (Phi) is 5.46. The van der Waals surface area contributed by atoms with Gasteiger partial charge < -0.3 is 5.32 Å². The van der Waals surface area contributed by atoms with Crippen molar-refractivity contribution in [2.75, 3.05) is 30.3 Å². The fourth-order valence-electron chi connectivity index (χ4n) is 3.19. The lowest BCUT2D eigenvalue weighted by atomic mass is 9.85. The number of fused-ring (bicyclic) bond motifs is 1. The summed E-state index contributed by atoms with van der Waals surface area (Å²) >= 11 is 4.07. The van der Waals surface area contributed by atoms with Crippen LogP contribution >= 0.6 is 23.5 Å². The van der Waals surface area contributed by atoms with Crippen molar-refractivity contribution in [1.29, 1.82) is 0 Å². The van der Waals surface area contributed by atoms with Crippen LogP contribution in [-0.2, 0) is 12.8 Å². The molecule has 0 amide bonds. The van der Waals surface area contributed by atoms with E-state index in [1.54, 1.807) is 0 Å². The van der Waals surface area contributed by atoms with E-state index in [-0.39, 0.29) is 0 Å². The van der Waals surface area contributed by atoms with E-state index in [0.29, 0.717) is 5.25 Å². The molecule has 1 N–H and O–H groups in total. The van der Waals surface area contributed by atoms with Gasteiger partial charge in [-0.2, -0.15) is 11.8 Å². The van der Waals surface area contributed by atoms with Crippen LogP contribution in [0.15, 0.2) is 0 Å². The molecule has 0 radical (unpaired) electrons. The van der Waals surface area contributed by atoms with E-state index in [9.17, 15) is 0 Å². The van der Waals surface area contributed by atoms with Crippen LogP contribution in [0, 0.1) is 12.8 Å². The largest absolute Gasteiger partial charge is 0.317 e. The highest BCUT2D eigenvalue weighted by molar-refractivity contribution is 8.06. The second-order valence-electron chi connectivity index (χ2n) is 5.94. The number of thioether (sulfide) groups is 2. The highest BCUT2D eigenvalue weighted by Gasteiger charge is 2.25. The number of nitrogens with zero attached hydrogens (tertiary/aromatic N) is 2. The minimum Gasteiger partial charge on any atom is -0.317 e. The molecule has 0 aromatic carbocycles. The second kappa shape index (κ2) is 7.34. The maximum Gasteiger partial charge on any atom is 0.142 e. The molecule has 2 aliphatic rings. The van der Waals surface area contributed by atoms with Crippen LogP contribution in [-0.4, -0.2) is 40.3 Å². The monoisotopic (exact) mass is 323 g/mol. The molecule has 3 rings (SSSR count). The molecular formula is C16H25N3S2. The Labute approximate surface area is 136 Å². The van der Waals surface area contributed by atoms with E-state index in [2.05, 4.69) is 19.2 Å². The van der Waals surface area contributed by atoms with Gasteiger partial charge in [0.1, 0.15) is 5.82 Å². The highest BCUT2D eigenvalue weighted by Crippen LogP contribution is 2.36. The van der Waals surface area contributed by atoms with Gasteiger partial charge in [-0.15, -0.1) is 11.8 Å². The Hall–Kier alpha value is -0.260. The van der Waals surface area contributed by atoms with Gasteiger partial charge in [-0.3, -0.25) is 0 Å². The summed E-state index contributed by atoms with van der Waals surface area (Å²) in [4.78, 5) is 9.81. The molecule has 2 heterocycles. The second-order valence-corrected chi connectivity index (χ2v) is 8.40. The van der Waals surface area contributed by atoms with Crippen LogP contribution in [0.5, 0.6) is 0 Å². The average Bonchev–Trinajstić information content (AvgIpc) is 2.54. The number of rotatable bonds is 4. The minimum absolute atomic E-state index is 0.507. The molecule has 0 saturated carbocycles. The third-order valence-electron chi connectivity index (χ3n) is 4.39. The Balaban J connectivity index is 1.76. The molecular weight excluding hydrogens is 298 g/mol. The van der Waals surface area contributed by atoms with E-state index in [1.165, 1.54) is 40.6 Å². The van der Waals surface area contributed by atoms with Crippen LogP contribution in [0.2, 0.25) is 0 Å². The Morgan fingerprint density at radius 1 is 1.29 bits per heavy atom. The number of hydrogen-bond donors (Lipinski definition) is 1. The van der Waals surface area contributed by atoms with Crippen molar-refractivity contribution >= 4 is 23.5 Å². The maximum atomic E-state index is 4.95. The van der Waals surface area contributed by atoms with Gasteiger partial charge in [-0.05, 0) is 50.8 Å². The first kappa shape index (κ1) is 15.6. The Bertz CT molecular complexity index is 487. The molecule has 3 nitrogen and oxygen atoms in total. The van der Waals surface area contributed by atoms with E-state index >= 15 is 0 Å². The zero-order valence-corrected chi connectivity index (χ0v) is 14.7. The van der Waals surface area contributed by atoms with Gasteiger partial charge >= 0.3 is 0 Å². The lowest BCUT2D eigenvalue weighted by Crippen LogP contribution is -2.28. The number of aromatic nitrogens is 2. The van der Waals surface area contributed by atoms with Crippen molar-refractivity contribution in [2.24, 2.45) is 5.92 Å². The normalized spacial score (nSPS) is 25.6. The summed E-state index contributed by atoms with van der Waals surface area (Å²) in [6.07, 6.45) is 3.55. The van der Waals surface area contributed by atoms with Crippen LogP contribution in [0.3, 0.4) is 0 Å². The molecule has 1 fully saturated rings. The summed E-state index contributed by atoms with van der Waals surface area (Å²) in [6, 6.07) is 0. The van der Waals surface area contributed by atoms with Crippen molar-refractivity contribution in [3.63, 3.8) is 0 Å². The number of aryl methyl sites for hydroxylation is 2. The van der Waals surface area contributed by atoms with Crippen molar-refractivity contribution in [3.05, 3.63) is 22.8 Å². The third-order valence-corrected chi connectivity index (χ3v) is 7.14. The van der Waals surface area contributed by atoms with Gasteiger partial charge in [-0.25, -0.2) is 9.97 Å². The minimum atomic E-state index is 0.507. The Morgan fingerprint density at radius 3 is 2.95 bits per heavy atom. The van der Waals surface area contributed by atoms with Crippen LogP contribution < -0.4 is 5.32 Å². The lowest BCUT2D eigenvalue weighted by Gasteiger charge is -2.27. The van der Waals surface area contributed by atoms with Crippen LogP contribution in [0.25, 0.3) is 0 Å². The van der Waals surface area contributed by atoms with Gasteiger partial charge in [0.25, 0.3) is 0 Å². The lowest BCUT2D eigenvalue weighted by molar-refractivity contribution is 0.422. The van der Waals surface area contributed by atoms with Crippen molar-refractivity contribution < 1.29 is 0 Å². The smallest absolute Gasteiger partial charge is 0.142 e. The molecule has 0 spiro atoms. The van der Waals surface area contributed by atoms with Crippen molar-refractivity contribution in [3.8, 4) is 0 Å². The average molecular weight is 324 g/mol. The standard InChI is InChI=1S/C16H25N3S2/c1-3-17-9-12-4-5-14-13(8-12)11(2)18-16(19-14)15-10-20-6-7-21-15/h12,15,17H,3-10H2,1-2H3. The zero-order chi connectivity index (χ0) is 14.7. The van der Waals surface area contributed by atoms with E-state index < -0.39 is 0 Å². The van der Waals surface area contributed by atoms with Gasteiger partial charge in [0, 0.05) is 28.6 Å². The number of hydrogen-bond acceptors (Lipinski definition) is 5. The molecule has 1 aromatic rings. The molecule has 1 aliphatic carbocycles. The van der Waals surface area contributed by atoms with Gasteiger partial charge in [0.2, 0.25) is 0 Å². The van der Waals surface area contributed by atoms with Gasteiger partial charge in [-0.1, -0.05) is 6.92 Å². The first-order valence-corrected chi connectivity index (χ1v) is 10.2. The first-order valence-electron chi connectivity index (χ1n) is 8.04. The molecule has 2 atom stereocenters. The topological polar surface area (TPSA) is 37.8 Å². The van der Waals surface area contributed by atoms with Gasteiger partial charge in [0.15, 0.2) is 0 Å². The predicted molar refractivity (Wildman–Crippen MR) is 93.4 cm³/mol. The third kappa shape index (κ3) is 3.74. The predicted octanol–water partition coefficient (Wildman–Crippen LogP) is 3.02. The summed E-state index contributed by atoms with van der Waals surface area (Å²) in [6.45, 7) is 6.55. The molecule has 1 saturated heterocycles. The van der Waals surface area contributed by atoms with Gasteiger partial charge in [0.05, 0.1) is 5.25 Å². The fraction of sp³-hybridized carbons (Fsp3) is 0.750. The summed E-state index contributed by atoms with van der Waals surface area (Å²) in [5.41, 5.74) is 4.00. The first-order chi connectivity index (χ1) is 10.3. The van der Waals surface area contributed by atoms with Crippen molar-refractivity contribution in [1.82, 2.24) is 15.3 Å². The molecule has 1 aliphatic heterocycles. The Morgan fingerprint density at radius 2 is 2.19 bits per heavy atom. The quantitative estimate of drug-likeness (QED) is 0.922. The van der Waals surface area contributed by atoms with Crippen LogP contribution in [0.1, 0.15) is 41.4 Å². The molecule has 1 aromatic heterocycles. The zero-order valence-electron chi connectivity index (χ0n) is 13.0. The summed E-state index contributed by atoms with van der Waals surface area (Å²) in [7, 11) is 0. The number of nitrogens with one attached hydrogen (secondary N) is 1. The molecule has 21 heavy (non-hydrogen) atoms. The molecule has 0 bridgehead atoms. The molecule has 5 heteroatoms. The SMILES string of the molecule is CCNCC1CCc2nc(C3CSCCS3)nc(C)c2C1. The maximum absolute atomic E-state index is 4.95. The van der Waals surface area contributed by atoms with E-state index in [4.69, 9.17) is 9.97 Å². The molecule has 116 valence electrons. The summed E-state index contributed by atoms with van der Waals surface area (Å²) in [5.74, 6) is 5.53. The van der Waals surface area contributed by atoms with E-state index in [1.807, 2.05) is 23.5 Å². The fourth-order valence-corrected chi connectivity index (χ4v) is 5.78. The van der Waals surface area contributed by atoms with Crippen molar-refractivity contribution in [2.45, 2.75) is 38.4 Å². The summed E-state index contributed by atoms with van der Waals surface area (Å²) < 4.78 is 0. The van der Waals surface area contributed by atoms with Crippen LogP contribution in [0.4, 0.5) is 0 Å². The molecule has 2 unspecified atom stereocenters. The summed E-state index contributed by atoms with van der Waals surface area (Å²) in [5, 5.41) is 3.99. The van der Waals surface area contributed by atoms with E-state index in [0.717, 1.165) is 37.7 Å².